The average molecular weight is 1010 g/mol. The molecule has 66 heavy (non-hydrogen) atoms. The van der Waals surface area contributed by atoms with Gasteiger partial charge in [0.1, 0.15) is 0 Å². The molecule has 368 valence electrons. The van der Waals surface area contributed by atoms with Gasteiger partial charge in [-0.25, -0.2) is 0 Å². The molecule has 0 amide bonds. The molecule has 0 saturated carbocycles. The van der Waals surface area contributed by atoms with Crippen molar-refractivity contribution in [3.8, 4) is 0 Å². The third kappa shape index (κ3) is 20.0. The Labute approximate surface area is 440 Å². The molecule has 1 aliphatic rings. The van der Waals surface area contributed by atoms with Crippen molar-refractivity contribution in [2.75, 3.05) is 0 Å². The zero-order chi connectivity index (χ0) is 45.1. The van der Waals surface area contributed by atoms with Gasteiger partial charge >= 0.3 is 365 Å². The fourth-order valence-corrected chi connectivity index (χ4v) is 17.3. The number of aryl methyl sites for hydroxylation is 6. The van der Waals surface area contributed by atoms with Gasteiger partial charge in [0.25, 0.3) is 0 Å². The maximum atomic E-state index is 2.81. The number of halogens is 3. The summed E-state index contributed by atoms with van der Waals surface area (Å²) in [5.74, 6) is 0. The van der Waals surface area contributed by atoms with Crippen molar-refractivity contribution in [3.63, 3.8) is 0 Å². The Morgan fingerprint density at radius 1 is 0.348 bits per heavy atom. The Hall–Kier alpha value is -1.06. The maximum Gasteiger partial charge on any atom is -1.00 e. The molecule has 0 atom stereocenters. The summed E-state index contributed by atoms with van der Waals surface area (Å²) in [4.78, 5) is 0. The van der Waals surface area contributed by atoms with Crippen LogP contribution in [0.5, 0.6) is 0 Å². The molecule has 4 rings (SSSR count). The van der Waals surface area contributed by atoms with Gasteiger partial charge in [-0.05, 0) is 0 Å². The maximum absolute atomic E-state index is 2.81. The van der Waals surface area contributed by atoms with Gasteiger partial charge in [-0.15, -0.1) is 0 Å². The predicted octanol–water partition coefficient (Wildman–Crippen LogP) is 7.99. The summed E-state index contributed by atoms with van der Waals surface area (Å²) in [7, 11) is -2.80. The predicted molar refractivity (Wildman–Crippen MR) is 281 cm³/mol. The number of rotatable bonds is 35. The van der Waals surface area contributed by atoms with Crippen LogP contribution < -0.4 is 52.8 Å². The minimum Gasteiger partial charge on any atom is -1.00 e. The minimum atomic E-state index is -2.80. The summed E-state index contributed by atoms with van der Waals surface area (Å²) in [6.07, 6.45) is 43.8. The first kappa shape index (κ1) is 63.0. The van der Waals surface area contributed by atoms with Crippen LogP contribution in [0.15, 0.2) is 75.3 Å². The standard InChI is InChI=1S/C61H95Si.3ClH.Ti/c1-8-15-21-27-34-51-42-52(35-28-22-16-9-2)46-58(45-51)62(61-41-33-40-57(61)14-7,59-47-53(36-29-23-17-10-3)43-54(48-59)37-30-24-18-11-4)60-49-55(38-31-25-19-12-5)44-56(50-60)39-32-26-20-13-6;;;;/h33,42-50H,8-32,34-39,41H2,1-7H3;3*1H;/q;;;;+3/p-3. The van der Waals surface area contributed by atoms with Gasteiger partial charge in [0.05, 0.1) is 0 Å². The van der Waals surface area contributed by atoms with Crippen molar-refractivity contribution in [2.45, 2.75) is 254 Å². The summed E-state index contributed by atoms with van der Waals surface area (Å²) in [6, 6.07) is 24.9. The van der Waals surface area contributed by atoms with E-state index in [0.717, 1.165) is 12.8 Å². The van der Waals surface area contributed by atoms with Gasteiger partial charge in [0.2, 0.25) is 0 Å². The number of hydrogen-bond donors (Lipinski definition) is 0. The van der Waals surface area contributed by atoms with Gasteiger partial charge in [0.15, 0.2) is 0 Å². The van der Waals surface area contributed by atoms with Crippen LogP contribution in [0.25, 0.3) is 0 Å². The normalized spacial score (nSPS) is 12.5. The number of allylic oxidation sites excluding steroid dienone is 4. The Morgan fingerprint density at radius 2 is 0.591 bits per heavy atom. The van der Waals surface area contributed by atoms with Crippen LogP contribution in [-0.4, -0.2) is 8.07 Å². The topological polar surface area (TPSA) is 0 Å². The Balaban J connectivity index is 0.00000726. The molecule has 0 spiro atoms. The minimum absolute atomic E-state index is 0. The van der Waals surface area contributed by atoms with Crippen molar-refractivity contribution in [3.05, 3.63) is 109 Å². The molecule has 0 unspecified atom stereocenters. The summed E-state index contributed by atoms with van der Waals surface area (Å²) in [5, 5.41) is 6.91. The molecule has 1 aliphatic carbocycles. The summed E-state index contributed by atoms with van der Waals surface area (Å²) in [6.45, 7) is 16.6. The second-order valence-corrected chi connectivity index (χ2v) is 24.5. The van der Waals surface area contributed by atoms with Crippen molar-refractivity contribution in [1.29, 1.82) is 0 Å². The van der Waals surface area contributed by atoms with E-state index in [1.807, 2.05) is 5.20 Å². The summed E-state index contributed by atoms with van der Waals surface area (Å²) >= 11 is 2.45. The molecular formula is C61H95Cl3SiTi. The monoisotopic (exact) mass is 1010 g/mol. The van der Waals surface area contributed by atoms with E-state index in [1.165, 1.54) is 193 Å². The van der Waals surface area contributed by atoms with E-state index in [4.69, 9.17) is 0 Å². The van der Waals surface area contributed by atoms with Crippen molar-refractivity contribution >= 4 is 23.6 Å². The molecule has 0 heterocycles. The van der Waals surface area contributed by atoms with Crippen LogP contribution in [0.1, 0.15) is 249 Å². The van der Waals surface area contributed by atoms with Crippen molar-refractivity contribution < 1.29 is 57.7 Å². The molecule has 0 radical (unpaired) electrons. The van der Waals surface area contributed by atoms with Gasteiger partial charge in [-0.3, -0.25) is 0 Å². The average Bonchev–Trinajstić information content (AvgIpc) is 3.67. The number of benzene rings is 3. The van der Waals surface area contributed by atoms with E-state index in [-0.39, 0.29) is 37.2 Å². The van der Waals surface area contributed by atoms with E-state index in [0.29, 0.717) is 0 Å². The zero-order valence-electron chi connectivity index (χ0n) is 43.5. The molecule has 0 fully saturated rings. The van der Waals surface area contributed by atoms with Gasteiger partial charge in [0, 0.05) is 0 Å². The second kappa shape index (κ2) is 36.8. The number of unbranched alkanes of at least 4 members (excludes halogenated alkanes) is 18. The first-order valence-corrected chi connectivity index (χ1v) is 30.2. The summed E-state index contributed by atoms with van der Waals surface area (Å²) < 4.78 is 1.55. The Bertz CT molecular complexity index is 1550. The SMILES string of the molecule is CCCCCCc1cc(CCCCCC)cc([Si](C2=C(CC)[C]([Ti+3])=CC2)(c2cc(CCCCCC)cc(CCCCCC)c2)c2cc(CCCCCC)cc(CCCCCC)c2)c1.[Cl-].[Cl-].[Cl-]. The van der Waals surface area contributed by atoms with E-state index in [2.05, 4.69) is 130 Å². The quantitative estimate of drug-likeness (QED) is 0.0319. The van der Waals surface area contributed by atoms with Crippen LogP contribution in [0.4, 0.5) is 0 Å². The molecular weight excluding hydrogens is 915 g/mol. The van der Waals surface area contributed by atoms with Gasteiger partial charge in [-0.1, -0.05) is 41.5 Å². The molecule has 0 aromatic heterocycles. The molecule has 0 nitrogen and oxygen atoms in total. The molecule has 0 saturated heterocycles. The van der Waals surface area contributed by atoms with Crippen LogP contribution in [0.2, 0.25) is 0 Å². The van der Waals surface area contributed by atoms with Gasteiger partial charge in [-0.2, -0.15) is 0 Å². The largest absolute Gasteiger partial charge is 1.00 e. The number of hydrogen-bond acceptors (Lipinski definition) is 0. The molecule has 3 aromatic rings. The molecule has 3 aromatic carbocycles. The Kier molecular flexibility index (Phi) is 35.1. The van der Waals surface area contributed by atoms with Crippen LogP contribution in [0, 0.1) is 0 Å². The van der Waals surface area contributed by atoms with E-state index in [9.17, 15) is 0 Å². The molecule has 0 bridgehead atoms. The van der Waals surface area contributed by atoms with Crippen LogP contribution >= 0.6 is 0 Å². The Morgan fingerprint density at radius 3 is 0.803 bits per heavy atom. The zero-order valence-corrected chi connectivity index (χ0v) is 48.4. The van der Waals surface area contributed by atoms with Crippen molar-refractivity contribution in [2.24, 2.45) is 0 Å². The fourth-order valence-electron chi connectivity index (χ4n) is 10.8. The molecule has 5 heteroatoms. The first-order valence-electron chi connectivity index (χ1n) is 27.4. The van der Waals surface area contributed by atoms with E-state index < -0.39 is 8.07 Å². The van der Waals surface area contributed by atoms with E-state index >= 15 is 0 Å². The van der Waals surface area contributed by atoms with Crippen LogP contribution in [0.3, 0.4) is 0 Å². The third-order valence-corrected chi connectivity index (χ3v) is 20.0. The van der Waals surface area contributed by atoms with Gasteiger partial charge < -0.3 is 37.2 Å². The summed E-state index contributed by atoms with van der Waals surface area (Å²) in [5.41, 5.74) is 11.3. The molecule has 0 aliphatic heterocycles. The van der Waals surface area contributed by atoms with E-state index in [1.54, 1.807) is 58.4 Å². The fraction of sp³-hybridized carbons (Fsp3) is 0.639. The second-order valence-electron chi connectivity index (χ2n) is 19.9. The van der Waals surface area contributed by atoms with Crippen LogP contribution in [-0.2, 0) is 59.0 Å². The molecule has 0 N–H and O–H groups in total. The smallest absolute Gasteiger partial charge is 1.00 e. The first-order chi connectivity index (χ1) is 30.9. The third-order valence-electron chi connectivity index (χ3n) is 14.4. The van der Waals surface area contributed by atoms with Crippen molar-refractivity contribution in [1.82, 2.24) is 0 Å².